The third kappa shape index (κ3) is 3.31. The van der Waals surface area contributed by atoms with Gasteiger partial charge in [0.1, 0.15) is 5.54 Å². The molecular weight excluding hydrogens is 462 g/mol. The molecule has 3 aromatic heterocycles. The Balaban J connectivity index is 1.53. The van der Waals surface area contributed by atoms with Crippen molar-refractivity contribution in [3.8, 4) is 6.07 Å². The molecule has 2 aliphatic heterocycles. The molecule has 4 aromatic rings. The van der Waals surface area contributed by atoms with Gasteiger partial charge in [-0.2, -0.15) is 5.26 Å². The zero-order chi connectivity index (χ0) is 24.2. The van der Waals surface area contributed by atoms with Crippen molar-refractivity contribution in [3.05, 3.63) is 53.2 Å². The summed E-state index contributed by atoms with van der Waals surface area (Å²) in [6.07, 6.45) is 3.01. The number of H-pyrrole nitrogens is 1. The zero-order valence-electron chi connectivity index (χ0n) is 18.9. The van der Waals surface area contributed by atoms with Gasteiger partial charge in [-0.1, -0.05) is 18.2 Å². The first-order valence-corrected chi connectivity index (χ1v) is 12.2. The molecule has 2 aliphatic rings. The number of aromatic nitrogens is 3. The maximum absolute atomic E-state index is 13.1. The second kappa shape index (κ2) is 8.01. The number of rotatable bonds is 4. The van der Waals surface area contributed by atoms with E-state index in [9.17, 15) is 14.9 Å². The fraction of sp³-hybridized carbons (Fsp3) is 0.240. The Kier molecular flexibility index (Phi) is 4.91. The molecule has 1 fully saturated rings. The Morgan fingerprint density at radius 1 is 1.11 bits per heavy atom. The number of carbonyl (C=O) groups excluding carboxylic acids is 2. The van der Waals surface area contributed by atoms with E-state index in [0.29, 0.717) is 59.6 Å². The number of hydrogen-bond donors (Lipinski definition) is 3. The summed E-state index contributed by atoms with van der Waals surface area (Å²) >= 11 is 1.51. The highest BCUT2D eigenvalue weighted by atomic mass is 32.1. The average Bonchev–Trinajstić information content (AvgIpc) is 3.58. The Morgan fingerprint density at radius 2 is 1.89 bits per heavy atom. The molecule has 0 aliphatic carbocycles. The molecule has 3 N–H and O–H groups in total. The predicted octanol–water partition coefficient (Wildman–Crippen LogP) is 2.82. The highest BCUT2D eigenvalue weighted by Gasteiger charge is 2.37. The van der Waals surface area contributed by atoms with Crippen molar-refractivity contribution >= 4 is 61.4 Å². The van der Waals surface area contributed by atoms with Gasteiger partial charge in [-0.05, 0) is 37.4 Å². The number of thiophene rings is 1. The summed E-state index contributed by atoms with van der Waals surface area (Å²) in [6, 6.07) is 11.8. The van der Waals surface area contributed by atoms with Gasteiger partial charge < -0.3 is 15.2 Å². The van der Waals surface area contributed by atoms with Crippen LogP contribution in [-0.2, 0) is 9.59 Å². The SMILES string of the molecule is CNC1(C#N)CCN(c2nc(C3=C(c4c[nH]c5ccsc45)C(=O)NC3=O)c3ccccc3n2)CC1. The number of carbonyl (C=O) groups is 2. The van der Waals surface area contributed by atoms with Crippen LogP contribution >= 0.6 is 11.3 Å². The van der Waals surface area contributed by atoms with Crippen molar-refractivity contribution in [2.45, 2.75) is 18.4 Å². The molecule has 6 rings (SSSR count). The van der Waals surface area contributed by atoms with Crippen LogP contribution < -0.4 is 15.5 Å². The number of benzene rings is 1. The molecule has 0 atom stereocenters. The number of amides is 2. The van der Waals surface area contributed by atoms with Crippen LogP contribution in [0.15, 0.2) is 41.9 Å². The lowest BCUT2D eigenvalue weighted by Gasteiger charge is -2.37. The zero-order valence-corrected chi connectivity index (χ0v) is 19.7. The van der Waals surface area contributed by atoms with E-state index in [2.05, 4.69) is 21.7 Å². The summed E-state index contributed by atoms with van der Waals surface area (Å²) in [4.78, 5) is 41.0. The minimum absolute atomic E-state index is 0.253. The van der Waals surface area contributed by atoms with E-state index in [1.807, 2.05) is 40.6 Å². The Hall–Kier alpha value is -4.07. The number of aromatic amines is 1. The van der Waals surface area contributed by atoms with Crippen LogP contribution in [0.2, 0.25) is 0 Å². The maximum atomic E-state index is 13.1. The standard InChI is InChI=1S/C25H21N7O2S/c1-27-25(13-26)7-9-32(10-8-25)24-29-16-5-3-2-4-14(16)20(30-24)19-18(22(33)31-23(19)34)15-12-28-17-6-11-35-21(15)17/h2-6,11-12,27-28H,7-10H2,1H3,(H,31,33,34). The first-order valence-electron chi connectivity index (χ1n) is 11.3. The summed E-state index contributed by atoms with van der Waals surface area (Å²) in [5.74, 6) is -0.423. The van der Waals surface area contributed by atoms with E-state index in [-0.39, 0.29) is 5.57 Å². The highest BCUT2D eigenvalue weighted by molar-refractivity contribution is 7.17. The highest BCUT2D eigenvalue weighted by Crippen LogP contribution is 2.38. The summed E-state index contributed by atoms with van der Waals surface area (Å²) in [6.45, 7) is 1.19. The van der Waals surface area contributed by atoms with Crippen LogP contribution in [0.3, 0.4) is 0 Å². The normalized spacial score (nSPS) is 17.9. The predicted molar refractivity (Wildman–Crippen MR) is 135 cm³/mol. The molecule has 5 heterocycles. The molecule has 0 unspecified atom stereocenters. The van der Waals surface area contributed by atoms with Crippen molar-refractivity contribution in [2.75, 3.05) is 25.0 Å². The lowest BCUT2D eigenvalue weighted by molar-refractivity contribution is -0.122. The van der Waals surface area contributed by atoms with Gasteiger partial charge in [-0.15, -0.1) is 11.3 Å². The number of nitrogens with one attached hydrogen (secondary N) is 3. The average molecular weight is 484 g/mol. The molecule has 0 saturated carbocycles. The van der Waals surface area contributed by atoms with Crippen LogP contribution in [0.4, 0.5) is 5.95 Å². The molecule has 0 radical (unpaired) electrons. The number of anilines is 1. The molecule has 10 heteroatoms. The van der Waals surface area contributed by atoms with Crippen molar-refractivity contribution in [2.24, 2.45) is 0 Å². The number of hydrogen-bond acceptors (Lipinski definition) is 8. The smallest absolute Gasteiger partial charge is 0.261 e. The Labute approximate surface area is 204 Å². The van der Waals surface area contributed by atoms with Crippen molar-refractivity contribution < 1.29 is 9.59 Å². The van der Waals surface area contributed by atoms with Crippen LogP contribution in [0, 0.1) is 11.3 Å². The van der Waals surface area contributed by atoms with Crippen molar-refractivity contribution in [3.63, 3.8) is 0 Å². The van der Waals surface area contributed by atoms with Gasteiger partial charge in [-0.25, -0.2) is 9.97 Å². The van der Waals surface area contributed by atoms with Crippen LogP contribution in [-0.4, -0.2) is 52.4 Å². The van der Waals surface area contributed by atoms with E-state index in [4.69, 9.17) is 9.97 Å². The van der Waals surface area contributed by atoms with Gasteiger partial charge in [-0.3, -0.25) is 14.9 Å². The van der Waals surface area contributed by atoms with Gasteiger partial charge in [0.2, 0.25) is 5.95 Å². The summed E-state index contributed by atoms with van der Waals surface area (Å²) in [7, 11) is 1.80. The second-order valence-corrected chi connectivity index (χ2v) is 9.64. The van der Waals surface area contributed by atoms with Gasteiger partial charge >= 0.3 is 0 Å². The number of piperidine rings is 1. The topological polar surface area (TPSA) is 127 Å². The fourth-order valence-electron chi connectivity index (χ4n) is 4.87. The van der Waals surface area contributed by atoms with Crippen molar-refractivity contribution in [1.29, 1.82) is 5.26 Å². The number of nitrogens with zero attached hydrogens (tertiary/aromatic N) is 4. The summed E-state index contributed by atoms with van der Waals surface area (Å²) < 4.78 is 0.914. The third-order valence-electron chi connectivity index (χ3n) is 6.90. The molecule has 0 spiro atoms. The third-order valence-corrected chi connectivity index (χ3v) is 7.85. The van der Waals surface area contributed by atoms with Crippen LogP contribution in [0.5, 0.6) is 0 Å². The first kappa shape index (κ1) is 21.5. The number of fused-ring (bicyclic) bond motifs is 2. The van der Waals surface area contributed by atoms with E-state index >= 15 is 0 Å². The Bertz CT molecular complexity index is 1580. The largest absolute Gasteiger partial charge is 0.360 e. The van der Waals surface area contributed by atoms with E-state index < -0.39 is 17.4 Å². The minimum atomic E-state index is -0.565. The van der Waals surface area contributed by atoms with E-state index in [1.165, 1.54) is 11.3 Å². The Morgan fingerprint density at radius 3 is 2.66 bits per heavy atom. The van der Waals surface area contributed by atoms with Gasteiger partial charge in [0.15, 0.2) is 0 Å². The van der Waals surface area contributed by atoms with Crippen LogP contribution in [0.25, 0.3) is 32.3 Å². The second-order valence-electron chi connectivity index (χ2n) is 8.72. The molecule has 174 valence electrons. The molecule has 0 bridgehead atoms. The van der Waals surface area contributed by atoms with Gasteiger partial charge in [0.05, 0.1) is 38.6 Å². The minimum Gasteiger partial charge on any atom is -0.360 e. The van der Waals surface area contributed by atoms with Crippen LogP contribution in [0.1, 0.15) is 24.1 Å². The van der Waals surface area contributed by atoms with Gasteiger partial charge in [0.25, 0.3) is 11.8 Å². The monoisotopic (exact) mass is 483 g/mol. The molecular formula is C25H21N7O2S. The number of para-hydroxylation sites is 1. The lowest BCUT2D eigenvalue weighted by atomic mass is 9.89. The summed E-state index contributed by atoms with van der Waals surface area (Å²) in [5, 5.41) is 17.9. The molecule has 1 saturated heterocycles. The number of nitriles is 1. The lowest BCUT2D eigenvalue weighted by Crippen LogP contribution is -2.51. The molecule has 1 aromatic carbocycles. The molecule has 2 amide bonds. The van der Waals surface area contributed by atoms with E-state index in [0.717, 1.165) is 10.2 Å². The molecule has 35 heavy (non-hydrogen) atoms. The van der Waals surface area contributed by atoms with Gasteiger partial charge in [0, 0.05) is 30.2 Å². The van der Waals surface area contributed by atoms with E-state index in [1.54, 1.807) is 13.2 Å². The fourth-order valence-corrected chi connectivity index (χ4v) is 5.76. The maximum Gasteiger partial charge on any atom is 0.261 e. The first-order chi connectivity index (χ1) is 17.0. The quantitative estimate of drug-likeness (QED) is 0.381. The van der Waals surface area contributed by atoms with Crippen molar-refractivity contribution in [1.82, 2.24) is 25.6 Å². The molecule has 9 nitrogen and oxygen atoms in total. The summed E-state index contributed by atoms with van der Waals surface area (Å²) in [5.41, 5.74) is 2.72. The number of imide groups is 1.